The molecule has 4 heteroatoms. The van der Waals surface area contributed by atoms with Gasteiger partial charge in [0.25, 0.3) is 8.32 Å². The lowest BCUT2D eigenvalue weighted by Crippen LogP contribution is -2.68. The van der Waals surface area contributed by atoms with E-state index in [2.05, 4.69) is 107 Å². The molecule has 3 nitrogen and oxygen atoms in total. The number of nitrogens with zero attached hydrogens (tertiary/aromatic N) is 1. The van der Waals surface area contributed by atoms with Crippen molar-refractivity contribution in [2.24, 2.45) is 0 Å². The van der Waals surface area contributed by atoms with E-state index in [1.807, 2.05) is 0 Å². The van der Waals surface area contributed by atoms with E-state index in [9.17, 15) is 5.11 Å². The van der Waals surface area contributed by atoms with Crippen LogP contribution in [0.2, 0.25) is 5.04 Å². The Balaban J connectivity index is 2.08. The zero-order chi connectivity index (χ0) is 21.3. The number of rotatable bonds is 5. The number of aliphatic hydroxyl groups excluding tert-OH is 1. The van der Waals surface area contributed by atoms with E-state index in [1.165, 1.54) is 10.4 Å². The second-order valence-corrected chi connectivity index (χ2v) is 14.6. The van der Waals surface area contributed by atoms with Crippen molar-refractivity contribution in [1.29, 1.82) is 0 Å². The van der Waals surface area contributed by atoms with E-state index in [1.54, 1.807) is 0 Å². The standard InChI is InChI=1S/C25H37NO2Si/c1-24(2,3)26-18-21(17-20(26)19-27)28-29(25(4,5)6,22-13-9-7-10-14-22)23-15-11-8-12-16-23/h7-16,20-21,27H,17-19H2,1-6H3/t20-,21-/m1/s1. The molecule has 29 heavy (non-hydrogen) atoms. The summed E-state index contributed by atoms with van der Waals surface area (Å²) in [7, 11) is -2.55. The molecule has 3 rings (SSSR count). The predicted molar refractivity (Wildman–Crippen MR) is 124 cm³/mol. The highest BCUT2D eigenvalue weighted by Crippen LogP contribution is 2.39. The molecule has 0 radical (unpaired) electrons. The fourth-order valence-electron chi connectivity index (χ4n) is 4.90. The van der Waals surface area contributed by atoms with Crippen LogP contribution in [-0.4, -0.2) is 49.2 Å². The third kappa shape index (κ3) is 4.36. The molecule has 1 heterocycles. The van der Waals surface area contributed by atoms with Crippen molar-refractivity contribution in [3.63, 3.8) is 0 Å². The Kier molecular flexibility index (Phi) is 6.40. The maximum Gasteiger partial charge on any atom is 0.261 e. The maximum absolute atomic E-state index is 10.0. The van der Waals surface area contributed by atoms with Gasteiger partial charge in [0.1, 0.15) is 0 Å². The molecule has 1 N–H and O–H groups in total. The van der Waals surface area contributed by atoms with Crippen molar-refractivity contribution < 1.29 is 9.53 Å². The van der Waals surface area contributed by atoms with Gasteiger partial charge in [-0.05, 0) is 42.6 Å². The number of benzene rings is 2. The van der Waals surface area contributed by atoms with Crippen LogP contribution in [0.25, 0.3) is 0 Å². The normalized spacial score (nSPS) is 21.5. The van der Waals surface area contributed by atoms with Gasteiger partial charge in [0.15, 0.2) is 0 Å². The Bertz CT molecular complexity index is 740. The molecule has 0 aliphatic carbocycles. The minimum Gasteiger partial charge on any atom is -0.403 e. The van der Waals surface area contributed by atoms with E-state index < -0.39 is 8.32 Å². The third-order valence-electron chi connectivity index (χ3n) is 6.21. The molecule has 0 unspecified atom stereocenters. The van der Waals surface area contributed by atoms with Crippen molar-refractivity contribution in [3.05, 3.63) is 60.7 Å². The van der Waals surface area contributed by atoms with E-state index >= 15 is 0 Å². The Morgan fingerprint density at radius 3 is 1.72 bits per heavy atom. The van der Waals surface area contributed by atoms with Crippen molar-refractivity contribution >= 4 is 18.7 Å². The van der Waals surface area contributed by atoms with Gasteiger partial charge < -0.3 is 9.53 Å². The molecule has 0 bridgehead atoms. The van der Waals surface area contributed by atoms with E-state index in [0.717, 1.165) is 13.0 Å². The van der Waals surface area contributed by atoms with Crippen molar-refractivity contribution in [3.8, 4) is 0 Å². The average Bonchev–Trinajstić information content (AvgIpc) is 3.10. The molecule has 2 aromatic rings. The van der Waals surface area contributed by atoms with Crippen LogP contribution in [0.1, 0.15) is 48.0 Å². The molecule has 1 saturated heterocycles. The SMILES string of the molecule is CC(C)(C)N1C[C@H](O[Si](c2ccccc2)(c2ccccc2)C(C)(C)C)C[C@@H]1CO. The van der Waals surface area contributed by atoms with Crippen LogP contribution in [0.4, 0.5) is 0 Å². The summed E-state index contributed by atoms with van der Waals surface area (Å²) in [5, 5.41) is 12.6. The highest BCUT2D eigenvalue weighted by Gasteiger charge is 2.53. The van der Waals surface area contributed by atoms with Gasteiger partial charge in [-0.2, -0.15) is 0 Å². The summed E-state index contributed by atoms with van der Waals surface area (Å²) in [6.07, 6.45) is 0.982. The quantitative estimate of drug-likeness (QED) is 0.760. The van der Waals surface area contributed by atoms with E-state index in [0.29, 0.717) is 0 Å². The van der Waals surface area contributed by atoms with Gasteiger partial charge in [-0.3, -0.25) is 4.90 Å². The van der Waals surface area contributed by atoms with Gasteiger partial charge in [0.2, 0.25) is 0 Å². The summed E-state index contributed by atoms with van der Waals surface area (Å²) in [5.41, 5.74) is 0.0109. The van der Waals surface area contributed by atoms with Crippen molar-refractivity contribution in [2.45, 2.75) is 70.7 Å². The topological polar surface area (TPSA) is 32.7 Å². The van der Waals surface area contributed by atoms with Crippen LogP contribution < -0.4 is 10.4 Å². The molecule has 1 fully saturated rings. The molecule has 0 spiro atoms. The minimum absolute atomic E-state index is 0.0109. The van der Waals surface area contributed by atoms with Gasteiger partial charge in [0, 0.05) is 18.1 Å². The molecule has 2 aromatic carbocycles. The van der Waals surface area contributed by atoms with Gasteiger partial charge in [-0.25, -0.2) is 0 Å². The Morgan fingerprint density at radius 1 is 0.897 bits per heavy atom. The molecule has 0 amide bonds. The third-order valence-corrected chi connectivity index (χ3v) is 11.3. The zero-order valence-corrected chi connectivity index (χ0v) is 19.9. The van der Waals surface area contributed by atoms with Crippen LogP contribution in [0.3, 0.4) is 0 Å². The summed E-state index contributed by atoms with van der Waals surface area (Å²) in [6, 6.07) is 21.8. The lowest BCUT2D eigenvalue weighted by molar-refractivity contribution is 0.0758. The number of likely N-dealkylation sites (tertiary alicyclic amines) is 1. The summed E-state index contributed by atoms with van der Waals surface area (Å²) in [6.45, 7) is 14.7. The molecule has 1 aliphatic heterocycles. The maximum atomic E-state index is 10.0. The number of aliphatic hydroxyl groups is 1. The average molecular weight is 412 g/mol. The summed E-state index contributed by atoms with van der Waals surface area (Å²) in [5.74, 6) is 0. The lowest BCUT2D eigenvalue weighted by Gasteiger charge is -2.45. The van der Waals surface area contributed by atoms with Crippen LogP contribution in [-0.2, 0) is 4.43 Å². The fraction of sp³-hybridized carbons (Fsp3) is 0.520. The minimum atomic E-state index is -2.55. The Labute approximate surface area is 177 Å². The van der Waals surface area contributed by atoms with Gasteiger partial charge >= 0.3 is 0 Å². The zero-order valence-electron chi connectivity index (χ0n) is 18.9. The van der Waals surface area contributed by atoms with E-state index in [4.69, 9.17) is 4.43 Å². The first-order chi connectivity index (χ1) is 13.6. The molecule has 158 valence electrons. The lowest BCUT2D eigenvalue weighted by atomic mass is 10.1. The molecule has 1 aliphatic rings. The second-order valence-electron chi connectivity index (χ2n) is 10.3. The van der Waals surface area contributed by atoms with Crippen LogP contribution in [0.5, 0.6) is 0 Å². The monoisotopic (exact) mass is 411 g/mol. The largest absolute Gasteiger partial charge is 0.403 e. The highest BCUT2D eigenvalue weighted by atomic mass is 28.4. The van der Waals surface area contributed by atoms with Crippen molar-refractivity contribution in [1.82, 2.24) is 4.90 Å². The first-order valence-corrected chi connectivity index (χ1v) is 12.7. The first-order valence-electron chi connectivity index (χ1n) is 10.8. The summed E-state index contributed by atoms with van der Waals surface area (Å²) in [4.78, 5) is 2.41. The van der Waals surface area contributed by atoms with Crippen molar-refractivity contribution in [2.75, 3.05) is 13.2 Å². The van der Waals surface area contributed by atoms with Crippen LogP contribution in [0.15, 0.2) is 60.7 Å². The summed E-state index contributed by atoms with van der Waals surface area (Å²) < 4.78 is 7.28. The smallest absolute Gasteiger partial charge is 0.261 e. The van der Waals surface area contributed by atoms with E-state index in [-0.39, 0.29) is 29.3 Å². The summed E-state index contributed by atoms with van der Waals surface area (Å²) >= 11 is 0. The van der Waals surface area contributed by atoms with Crippen LogP contribution in [0, 0.1) is 0 Å². The first kappa shape index (κ1) is 22.2. The van der Waals surface area contributed by atoms with Gasteiger partial charge in [0.05, 0.1) is 12.7 Å². The predicted octanol–water partition coefficient (Wildman–Crippen LogP) is 3.80. The Hall–Kier alpha value is -1.46. The Morgan fingerprint density at radius 2 is 1.38 bits per heavy atom. The molecule has 2 atom stereocenters. The van der Waals surface area contributed by atoms with Gasteiger partial charge in [-0.1, -0.05) is 81.4 Å². The second kappa shape index (κ2) is 8.35. The molecule has 0 saturated carbocycles. The molecular formula is C25H37NO2Si. The molecule has 0 aromatic heterocycles. The van der Waals surface area contributed by atoms with Gasteiger partial charge in [-0.15, -0.1) is 0 Å². The highest BCUT2D eigenvalue weighted by molar-refractivity contribution is 6.99. The number of hydrogen-bond donors (Lipinski definition) is 1. The van der Waals surface area contributed by atoms with Crippen LogP contribution >= 0.6 is 0 Å². The fourth-order valence-corrected chi connectivity index (χ4v) is 9.58. The number of hydrogen-bond acceptors (Lipinski definition) is 3. The molecular weight excluding hydrogens is 374 g/mol.